The number of amides is 1. The highest BCUT2D eigenvalue weighted by Gasteiger charge is 2.36. The van der Waals surface area contributed by atoms with Crippen molar-refractivity contribution in [2.75, 3.05) is 5.32 Å². The maximum absolute atomic E-state index is 13.2. The van der Waals surface area contributed by atoms with Gasteiger partial charge in [-0.1, -0.05) is 31.7 Å². The summed E-state index contributed by atoms with van der Waals surface area (Å²) in [6.07, 6.45) is 2.23. The lowest BCUT2D eigenvalue weighted by atomic mass is 9.97. The number of nitrogens with zero attached hydrogens (tertiary/aromatic N) is 2. The fourth-order valence-electron chi connectivity index (χ4n) is 3.63. The van der Waals surface area contributed by atoms with Gasteiger partial charge in [0.2, 0.25) is 5.91 Å². The zero-order valence-electron chi connectivity index (χ0n) is 15.5. The highest BCUT2D eigenvalue weighted by molar-refractivity contribution is 5.92. The summed E-state index contributed by atoms with van der Waals surface area (Å²) in [7, 11) is 0. The molecular formula is C20H22F3N3O2. The van der Waals surface area contributed by atoms with Gasteiger partial charge in [-0.2, -0.15) is 13.2 Å². The third-order valence-corrected chi connectivity index (χ3v) is 5.11. The third kappa shape index (κ3) is 4.61. The number of halogens is 3. The molecule has 2 heterocycles. The van der Waals surface area contributed by atoms with Crippen LogP contribution < -0.4 is 10.9 Å². The molecule has 0 bridgehead atoms. The fourth-order valence-corrected chi connectivity index (χ4v) is 3.63. The van der Waals surface area contributed by atoms with Crippen molar-refractivity contribution in [2.24, 2.45) is 5.92 Å². The lowest BCUT2D eigenvalue weighted by Gasteiger charge is -2.23. The van der Waals surface area contributed by atoms with Gasteiger partial charge in [0.25, 0.3) is 5.56 Å². The monoisotopic (exact) mass is 393 g/mol. The van der Waals surface area contributed by atoms with Crippen LogP contribution in [0.4, 0.5) is 19.0 Å². The highest BCUT2D eigenvalue weighted by Crippen LogP contribution is 2.33. The molecule has 1 aliphatic rings. The molecule has 3 rings (SSSR count). The van der Waals surface area contributed by atoms with Crippen molar-refractivity contribution in [1.29, 1.82) is 0 Å². The van der Waals surface area contributed by atoms with E-state index < -0.39 is 29.2 Å². The molecule has 1 atom stereocenters. The van der Waals surface area contributed by atoms with Crippen LogP contribution in [0.2, 0.25) is 0 Å². The predicted octanol–water partition coefficient (Wildman–Crippen LogP) is 4.33. The van der Waals surface area contributed by atoms with Gasteiger partial charge in [-0.3, -0.25) is 9.59 Å². The maximum Gasteiger partial charge on any atom is 0.421 e. The van der Waals surface area contributed by atoms with Gasteiger partial charge in [0.05, 0.1) is 0 Å². The minimum Gasteiger partial charge on any atom is -0.309 e. The van der Waals surface area contributed by atoms with Crippen molar-refractivity contribution >= 4 is 11.7 Å². The molecule has 5 nitrogen and oxygen atoms in total. The first-order valence-electron chi connectivity index (χ1n) is 9.27. The van der Waals surface area contributed by atoms with E-state index in [2.05, 4.69) is 10.3 Å². The van der Waals surface area contributed by atoms with E-state index in [1.807, 2.05) is 6.92 Å². The van der Waals surface area contributed by atoms with Crippen LogP contribution in [-0.2, 0) is 11.0 Å². The summed E-state index contributed by atoms with van der Waals surface area (Å²) in [6, 6.07) is 4.26. The Morgan fingerprint density at radius 2 is 2.00 bits per heavy atom. The average molecular weight is 393 g/mol. The van der Waals surface area contributed by atoms with Gasteiger partial charge in [0, 0.05) is 12.4 Å². The van der Waals surface area contributed by atoms with Crippen LogP contribution in [0.3, 0.4) is 0 Å². The summed E-state index contributed by atoms with van der Waals surface area (Å²) in [5, 5.41) is 2.64. The zero-order valence-corrected chi connectivity index (χ0v) is 15.5. The molecule has 0 saturated heterocycles. The summed E-state index contributed by atoms with van der Waals surface area (Å²) in [6.45, 7) is 1.85. The number of nitrogens with one attached hydrogen (secondary N) is 1. The molecule has 1 fully saturated rings. The van der Waals surface area contributed by atoms with Crippen LogP contribution in [0.5, 0.6) is 0 Å². The van der Waals surface area contributed by atoms with Gasteiger partial charge in [0.1, 0.15) is 17.4 Å². The van der Waals surface area contributed by atoms with Crippen LogP contribution in [0.15, 0.2) is 41.5 Å². The van der Waals surface area contributed by atoms with E-state index in [0.29, 0.717) is 12.2 Å². The molecule has 1 amide bonds. The Kier molecular flexibility index (Phi) is 5.86. The summed E-state index contributed by atoms with van der Waals surface area (Å²) < 4.78 is 40.4. The van der Waals surface area contributed by atoms with Crippen molar-refractivity contribution in [3.8, 4) is 0 Å². The molecule has 8 heteroatoms. The van der Waals surface area contributed by atoms with E-state index >= 15 is 0 Å². The molecule has 1 N–H and O–H groups in total. The largest absolute Gasteiger partial charge is 0.421 e. The van der Waals surface area contributed by atoms with E-state index in [1.165, 1.54) is 6.20 Å². The average Bonchev–Trinajstić information content (AvgIpc) is 3.14. The van der Waals surface area contributed by atoms with Crippen molar-refractivity contribution < 1.29 is 18.0 Å². The second kappa shape index (κ2) is 8.16. The van der Waals surface area contributed by atoms with Crippen molar-refractivity contribution in [3.05, 3.63) is 58.1 Å². The Hall–Kier alpha value is -2.64. The lowest BCUT2D eigenvalue weighted by molar-refractivity contribution is -0.139. The Morgan fingerprint density at radius 3 is 2.61 bits per heavy atom. The van der Waals surface area contributed by atoms with E-state index in [9.17, 15) is 22.8 Å². The van der Waals surface area contributed by atoms with E-state index in [-0.39, 0.29) is 5.92 Å². The Bertz CT molecular complexity index is 885. The molecule has 1 aliphatic carbocycles. The number of rotatable bonds is 5. The number of hydrogen-bond donors (Lipinski definition) is 1. The van der Waals surface area contributed by atoms with Crippen LogP contribution in [0.25, 0.3) is 0 Å². The standard InChI is InChI=1S/C20H22F3N3O2/c1-13-8-9-17(24-12-13)25-18(27)16(11-14-5-2-3-6-14)26-10-4-7-15(19(26)28)20(21,22)23/h4,7-10,12,14,16H,2-3,5-6,11H2,1H3,(H,24,25,27)/t16-/m0/s1. The zero-order chi connectivity index (χ0) is 20.3. The second-order valence-corrected chi connectivity index (χ2v) is 7.24. The minimum absolute atomic E-state index is 0.197. The van der Waals surface area contributed by atoms with Gasteiger partial charge in [-0.05, 0) is 43.0 Å². The van der Waals surface area contributed by atoms with Crippen molar-refractivity contribution in [3.63, 3.8) is 0 Å². The maximum atomic E-state index is 13.2. The number of aromatic nitrogens is 2. The molecule has 150 valence electrons. The van der Waals surface area contributed by atoms with E-state index in [4.69, 9.17) is 0 Å². The Balaban J connectivity index is 1.94. The first kappa shape index (κ1) is 20.1. The quantitative estimate of drug-likeness (QED) is 0.822. The van der Waals surface area contributed by atoms with Crippen molar-refractivity contribution in [1.82, 2.24) is 9.55 Å². The molecule has 1 saturated carbocycles. The van der Waals surface area contributed by atoms with Gasteiger partial charge in [-0.15, -0.1) is 0 Å². The first-order valence-corrected chi connectivity index (χ1v) is 9.27. The molecule has 2 aromatic heterocycles. The minimum atomic E-state index is -4.77. The molecule has 28 heavy (non-hydrogen) atoms. The van der Waals surface area contributed by atoms with E-state index in [1.54, 1.807) is 18.3 Å². The predicted molar refractivity (Wildman–Crippen MR) is 98.9 cm³/mol. The van der Waals surface area contributed by atoms with E-state index in [0.717, 1.165) is 47.9 Å². The SMILES string of the molecule is Cc1ccc(NC(=O)[C@H](CC2CCCC2)n2cccc(C(F)(F)F)c2=O)nc1. The number of anilines is 1. The van der Waals surface area contributed by atoms with Gasteiger partial charge in [-0.25, -0.2) is 4.98 Å². The molecular weight excluding hydrogens is 371 g/mol. The van der Waals surface area contributed by atoms with Gasteiger partial charge in [0.15, 0.2) is 0 Å². The molecule has 0 unspecified atom stereocenters. The number of hydrogen-bond acceptors (Lipinski definition) is 3. The third-order valence-electron chi connectivity index (χ3n) is 5.11. The number of carbonyl (C=O) groups is 1. The molecule has 2 aromatic rings. The molecule has 0 radical (unpaired) electrons. The number of aryl methyl sites for hydroxylation is 1. The number of pyridine rings is 2. The normalized spacial score (nSPS) is 16.1. The first-order chi connectivity index (χ1) is 13.3. The summed E-state index contributed by atoms with van der Waals surface area (Å²) in [5.74, 6) is -0.0418. The smallest absolute Gasteiger partial charge is 0.309 e. The summed E-state index contributed by atoms with van der Waals surface area (Å²) >= 11 is 0. The molecule has 0 aromatic carbocycles. The fraction of sp³-hybridized carbons (Fsp3) is 0.450. The topological polar surface area (TPSA) is 64.0 Å². The van der Waals surface area contributed by atoms with Crippen LogP contribution in [0, 0.1) is 12.8 Å². The summed E-state index contributed by atoms with van der Waals surface area (Å²) in [4.78, 5) is 29.5. The van der Waals surface area contributed by atoms with Gasteiger partial charge < -0.3 is 9.88 Å². The number of alkyl halides is 3. The Labute approximate surface area is 160 Å². The van der Waals surface area contributed by atoms with Crippen molar-refractivity contribution in [2.45, 2.75) is 51.2 Å². The Morgan fingerprint density at radius 1 is 1.29 bits per heavy atom. The van der Waals surface area contributed by atoms with Crippen LogP contribution in [-0.4, -0.2) is 15.5 Å². The molecule has 0 aliphatic heterocycles. The van der Waals surface area contributed by atoms with Gasteiger partial charge >= 0.3 is 6.18 Å². The van der Waals surface area contributed by atoms with Crippen LogP contribution >= 0.6 is 0 Å². The lowest BCUT2D eigenvalue weighted by Crippen LogP contribution is -2.37. The second-order valence-electron chi connectivity index (χ2n) is 7.24. The summed E-state index contributed by atoms with van der Waals surface area (Å²) in [5.41, 5.74) is -1.56. The van der Waals surface area contributed by atoms with Crippen LogP contribution in [0.1, 0.15) is 49.3 Å². The molecule has 0 spiro atoms. The number of carbonyl (C=O) groups excluding carboxylic acids is 1. The highest BCUT2D eigenvalue weighted by atomic mass is 19.4.